The summed E-state index contributed by atoms with van der Waals surface area (Å²) in [6.07, 6.45) is 10.5. The molecule has 0 spiro atoms. The van der Waals surface area contributed by atoms with Crippen molar-refractivity contribution in [1.29, 1.82) is 0 Å². The van der Waals surface area contributed by atoms with Gasteiger partial charge in [0.25, 0.3) is 0 Å². The van der Waals surface area contributed by atoms with E-state index in [4.69, 9.17) is 9.84 Å². The van der Waals surface area contributed by atoms with Gasteiger partial charge in [-0.05, 0) is 59.5 Å². The van der Waals surface area contributed by atoms with E-state index in [0.29, 0.717) is 0 Å². The number of ether oxygens (including phenoxy) is 2. The summed E-state index contributed by atoms with van der Waals surface area (Å²) in [5.74, 6) is -0.931. The van der Waals surface area contributed by atoms with Gasteiger partial charge in [0.2, 0.25) is 0 Å². The molecular weight excluding hydrogens is 332 g/mol. The highest BCUT2D eigenvalue weighted by Gasteiger charge is 2.08. The van der Waals surface area contributed by atoms with Gasteiger partial charge in [0.05, 0.1) is 19.4 Å². The van der Waals surface area contributed by atoms with Crippen LogP contribution >= 0.6 is 0 Å². The molecule has 148 valence electrons. The zero-order valence-electron chi connectivity index (χ0n) is 16.7. The first kappa shape index (κ1) is 24.1. The van der Waals surface area contributed by atoms with Crippen LogP contribution in [0.1, 0.15) is 66.2 Å². The van der Waals surface area contributed by atoms with Crippen LogP contribution in [-0.4, -0.2) is 36.9 Å². The topological polar surface area (TPSA) is 72.8 Å². The van der Waals surface area contributed by atoms with Gasteiger partial charge in [-0.2, -0.15) is 0 Å². The maximum Gasteiger partial charge on any atom is 0.306 e. The number of hydrogen-bond donors (Lipinski definition) is 1. The van der Waals surface area contributed by atoms with Crippen LogP contribution in [0.5, 0.6) is 0 Å². The average molecular weight is 366 g/mol. The molecule has 5 heteroatoms. The zero-order chi connectivity index (χ0) is 19.8. The van der Waals surface area contributed by atoms with Crippen LogP contribution in [0.15, 0.2) is 34.9 Å². The largest absolute Gasteiger partial charge is 0.463 e. The smallest absolute Gasteiger partial charge is 0.306 e. The number of carbonyl (C=O) groups is 2. The second-order valence-corrected chi connectivity index (χ2v) is 6.59. The van der Waals surface area contributed by atoms with E-state index in [1.54, 1.807) is 0 Å². The second kappa shape index (κ2) is 15.4. The minimum absolute atomic E-state index is 0.00916. The third-order valence-electron chi connectivity index (χ3n) is 3.69. The van der Waals surface area contributed by atoms with E-state index in [1.807, 2.05) is 13.0 Å². The first-order chi connectivity index (χ1) is 12.3. The van der Waals surface area contributed by atoms with Gasteiger partial charge >= 0.3 is 11.9 Å². The van der Waals surface area contributed by atoms with Crippen LogP contribution in [0.3, 0.4) is 0 Å². The van der Waals surface area contributed by atoms with Crippen molar-refractivity contribution < 1.29 is 24.2 Å². The molecule has 5 nitrogen and oxygen atoms in total. The van der Waals surface area contributed by atoms with Crippen molar-refractivity contribution in [2.24, 2.45) is 0 Å². The molecule has 0 fully saturated rings. The number of esters is 2. The summed E-state index contributed by atoms with van der Waals surface area (Å²) in [5, 5.41) is 8.53. The molecule has 0 saturated heterocycles. The van der Waals surface area contributed by atoms with Crippen LogP contribution in [-0.2, 0) is 19.1 Å². The lowest BCUT2D eigenvalue weighted by Gasteiger charge is -2.04. The SMILES string of the molecule is CC(C)=CCC/C(C)=C/CC/C(C)=C/COC(=O)CCC(=O)OCCO. The van der Waals surface area contributed by atoms with Gasteiger partial charge in [-0.3, -0.25) is 9.59 Å². The van der Waals surface area contributed by atoms with E-state index in [1.165, 1.54) is 16.7 Å². The Morgan fingerprint density at radius 1 is 0.769 bits per heavy atom. The van der Waals surface area contributed by atoms with Crippen LogP contribution < -0.4 is 0 Å². The van der Waals surface area contributed by atoms with Crippen LogP contribution in [0.25, 0.3) is 0 Å². The highest BCUT2D eigenvalue weighted by atomic mass is 16.5. The monoisotopic (exact) mass is 366 g/mol. The summed E-state index contributed by atoms with van der Waals surface area (Å²) in [6, 6.07) is 0. The number of rotatable bonds is 13. The molecule has 0 rings (SSSR count). The lowest BCUT2D eigenvalue weighted by Crippen LogP contribution is -2.12. The molecule has 0 amide bonds. The van der Waals surface area contributed by atoms with Crippen molar-refractivity contribution >= 4 is 11.9 Å². The highest BCUT2D eigenvalue weighted by Crippen LogP contribution is 2.11. The van der Waals surface area contributed by atoms with Gasteiger partial charge in [0.1, 0.15) is 13.2 Å². The Balaban J connectivity index is 3.91. The summed E-state index contributed by atoms with van der Waals surface area (Å²) in [4.78, 5) is 22.7. The second-order valence-electron chi connectivity index (χ2n) is 6.59. The van der Waals surface area contributed by atoms with E-state index in [9.17, 15) is 9.59 Å². The van der Waals surface area contributed by atoms with E-state index >= 15 is 0 Å². The van der Waals surface area contributed by atoms with Gasteiger partial charge in [-0.15, -0.1) is 0 Å². The van der Waals surface area contributed by atoms with Crippen molar-refractivity contribution in [3.05, 3.63) is 34.9 Å². The fourth-order valence-electron chi connectivity index (χ4n) is 2.12. The number of hydrogen-bond acceptors (Lipinski definition) is 5. The van der Waals surface area contributed by atoms with E-state index in [0.717, 1.165) is 25.7 Å². The fraction of sp³-hybridized carbons (Fsp3) is 0.619. The third kappa shape index (κ3) is 15.6. The summed E-state index contributed by atoms with van der Waals surface area (Å²) in [7, 11) is 0. The molecule has 0 bridgehead atoms. The first-order valence-corrected chi connectivity index (χ1v) is 9.22. The maximum absolute atomic E-state index is 11.5. The highest BCUT2D eigenvalue weighted by molar-refractivity contribution is 5.77. The molecular formula is C21H34O5. The Morgan fingerprint density at radius 3 is 1.88 bits per heavy atom. The molecule has 0 aromatic rings. The molecule has 0 heterocycles. The Bertz CT molecular complexity index is 510. The van der Waals surface area contributed by atoms with Crippen molar-refractivity contribution in [3.63, 3.8) is 0 Å². The predicted octanol–water partition coefficient (Wildman–Crippen LogP) is 4.26. The van der Waals surface area contributed by atoms with Crippen molar-refractivity contribution in [2.75, 3.05) is 19.8 Å². The minimum Gasteiger partial charge on any atom is -0.463 e. The Hall–Kier alpha value is -1.88. The Morgan fingerprint density at radius 2 is 1.31 bits per heavy atom. The fourth-order valence-corrected chi connectivity index (χ4v) is 2.12. The van der Waals surface area contributed by atoms with E-state index < -0.39 is 11.9 Å². The van der Waals surface area contributed by atoms with Gasteiger partial charge in [0, 0.05) is 0 Å². The summed E-state index contributed by atoms with van der Waals surface area (Å²) < 4.78 is 9.74. The molecule has 0 aliphatic carbocycles. The number of aliphatic hydroxyl groups is 1. The van der Waals surface area contributed by atoms with Crippen molar-refractivity contribution in [1.82, 2.24) is 0 Å². The molecule has 0 aromatic heterocycles. The maximum atomic E-state index is 11.5. The molecule has 0 saturated carbocycles. The standard InChI is InChI=1S/C21H34O5/c1-17(2)7-5-8-18(3)9-6-10-19(4)13-15-25-20(23)11-12-21(24)26-16-14-22/h7,9,13,22H,5-6,8,10-12,14-16H2,1-4H3/b18-9+,19-13+. The van der Waals surface area contributed by atoms with E-state index in [-0.39, 0.29) is 32.7 Å². The van der Waals surface area contributed by atoms with E-state index in [2.05, 4.69) is 37.7 Å². The van der Waals surface area contributed by atoms with Gasteiger partial charge in [-0.1, -0.05) is 28.9 Å². The molecule has 0 aliphatic heterocycles. The Labute approximate surface area is 157 Å². The summed E-state index contributed by atoms with van der Waals surface area (Å²) in [5.41, 5.74) is 3.93. The molecule has 0 unspecified atom stereocenters. The molecule has 0 aliphatic rings. The summed E-state index contributed by atoms with van der Waals surface area (Å²) in [6.45, 7) is 8.37. The third-order valence-corrected chi connectivity index (χ3v) is 3.69. The molecule has 26 heavy (non-hydrogen) atoms. The molecule has 1 N–H and O–H groups in total. The van der Waals surface area contributed by atoms with Crippen LogP contribution in [0.4, 0.5) is 0 Å². The number of allylic oxidation sites excluding steroid dienone is 5. The predicted molar refractivity (Wildman–Crippen MR) is 104 cm³/mol. The van der Waals surface area contributed by atoms with Gasteiger partial charge < -0.3 is 14.6 Å². The number of carbonyl (C=O) groups excluding carboxylic acids is 2. The quantitative estimate of drug-likeness (QED) is 0.389. The normalized spacial score (nSPS) is 11.9. The molecule has 0 atom stereocenters. The van der Waals surface area contributed by atoms with Crippen molar-refractivity contribution in [2.45, 2.75) is 66.2 Å². The minimum atomic E-state index is -0.505. The molecule has 0 aromatic carbocycles. The van der Waals surface area contributed by atoms with Crippen LogP contribution in [0.2, 0.25) is 0 Å². The lowest BCUT2D eigenvalue weighted by atomic mass is 10.1. The summed E-state index contributed by atoms with van der Waals surface area (Å²) >= 11 is 0. The lowest BCUT2D eigenvalue weighted by molar-refractivity contribution is -0.150. The van der Waals surface area contributed by atoms with Crippen LogP contribution in [0, 0.1) is 0 Å². The number of aliphatic hydroxyl groups excluding tert-OH is 1. The Kier molecular flexibility index (Phi) is 14.3. The zero-order valence-corrected chi connectivity index (χ0v) is 16.7. The molecule has 0 radical (unpaired) electrons. The van der Waals surface area contributed by atoms with Crippen molar-refractivity contribution in [3.8, 4) is 0 Å². The van der Waals surface area contributed by atoms with Gasteiger partial charge in [-0.25, -0.2) is 0 Å². The first-order valence-electron chi connectivity index (χ1n) is 9.22. The van der Waals surface area contributed by atoms with Gasteiger partial charge in [0.15, 0.2) is 0 Å². The average Bonchev–Trinajstić information content (AvgIpc) is 2.57.